The molecular weight excluding hydrogens is 276 g/mol. The maximum atomic E-state index is 10.2. The molecule has 0 bridgehead atoms. The first kappa shape index (κ1) is 13.8. The van der Waals surface area contributed by atoms with Crippen molar-refractivity contribution in [2.24, 2.45) is 0 Å². The first-order chi connectivity index (χ1) is 8.26. The second kappa shape index (κ2) is 7.95. The molecule has 0 amide bonds. The fourth-order valence-electron chi connectivity index (χ4n) is 0.965. The van der Waals surface area contributed by atoms with Crippen LogP contribution in [0.5, 0.6) is 0 Å². The summed E-state index contributed by atoms with van der Waals surface area (Å²) in [5.74, 6) is 0. The predicted molar refractivity (Wildman–Crippen MR) is 76.0 cm³/mol. The minimum Gasteiger partial charge on any atom is -0.212 e. The lowest BCUT2D eigenvalue weighted by molar-refractivity contribution is 0.700. The Morgan fingerprint density at radius 1 is 0.765 bits per heavy atom. The summed E-state index contributed by atoms with van der Waals surface area (Å²) in [5.41, 5.74) is 0. The molecule has 0 saturated carbocycles. The van der Waals surface area contributed by atoms with Crippen LogP contribution in [0.3, 0.4) is 0 Å². The van der Waals surface area contributed by atoms with Crippen molar-refractivity contribution in [2.75, 3.05) is 0 Å². The Morgan fingerprint density at radius 3 is 1.41 bits per heavy atom. The average molecular weight is 285 g/mol. The highest BCUT2D eigenvalue weighted by atomic mass is 35.5. The molecule has 2 nitrogen and oxygen atoms in total. The molecule has 0 spiro atoms. The molecule has 1 aliphatic rings. The van der Waals surface area contributed by atoms with Gasteiger partial charge >= 0.3 is 0 Å². The zero-order chi connectivity index (χ0) is 12.5. The van der Waals surface area contributed by atoms with Crippen molar-refractivity contribution in [3.8, 4) is 0 Å². The Bertz CT molecular complexity index is 489. The van der Waals surface area contributed by atoms with Crippen molar-refractivity contribution in [1.82, 2.24) is 0 Å². The molecule has 0 saturated heterocycles. The van der Waals surface area contributed by atoms with Crippen molar-refractivity contribution in [2.45, 2.75) is 0 Å². The van der Waals surface area contributed by atoms with Gasteiger partial charge in [0.25, 0.3) is 0 Å². The van der Waals surface area contributed by atoms with Crippen molar-refractivity contribution in [3.63, 3.8) is 0 Å². The third-order valence-corrected chi connectivity index (χ3v) is 2.93. The number of hydrogen-bond acceptors (Lipinski definition) is 2. The lowest BCUT2D eigenvalue weighted by Gasteiger charge is -1.92. The average Bonchev–Trinajstić information content (AvgIpc) is 2.40. The molecule has 1 aromatic carbocycles. The topological polar surface area (TPSA) is 34.1 Å². The maximum Gasteiger partial charge on any atom is 0.0965 e. The number of hydrogen-bond donors (Lipinski definition) is 0. The fraction of sp³-hybridized carbons (Fsp3) is 0. The van der Waals surface area contributed by atoms with E-state index in [0.717, 1.165) is 5.02 Å². The number of benzene rings is 1. The van der Waals surface area contributed by atoms with Gasteiger partial charge in [0, 0.05) is 5.02 Å². The summed E-state index contributed by atoms with van der Waals surface area (Å²) in [6.07, 6.45) is 6.55. The van der Waals surface area contributed by atoms with Gasteiger partial charge in [-0.05, 0) is 36.4 Å². The molecule has 0 atom stereocenters. The highest BCUT2D eigenvalue weighted by Gasteiger charge is 1.95. The lowest BCUT2D eigenvalue weighted by Crippen LogP contribution is -1.98. The SMILES string of the molecule is Clc1ccccc1.O=S=C1C=CC(=S=O)C=C1. The summed E-state index contributed by atoms with van der Waals surface area (Å²) in [5, 5.41) is 0.794. The molecule has 1 aromatic rings. The molecular formula is C12H9ClO2S2. The van der Waals surface area contributed by atoms with E-state index in [2.05, 4.69) is 0 Å². The molecule has 0 heterocycles. The summed E-state index contributed by atoms with van der Waals surface area (Å²) >= 11 is 6.39. The van der Waals surface area contributed by atoms with Gasteiger partial charge in [-0.2, -0.15) is 0 Å². The van der Waals surface area contributed by atoms with Gasteiger partial charge in [0.2, 0.25) is 0 Å². The molecule has 2 rings (SSSR count). The van der Waals surface area contributed by atoms with E-state index in [1.54, 1.807) is 24.3 Å². The standard InChI is InChI=1S/C6H5Cl.C6H4O2S2/c7-6-4-2-1-3-5-6;7-9-5-1-2-6(10-8)4-3-5/h1-5H;1-4H. The van der Waals surface area contributed by atoms with Crippen LogP contribution in [0.1, 0.15) is 0 Å². The third-order valence-electron chi connectivity index (χ3n) is 1.75. The van der Waals surface area contributed by atoms with Crippen LogP contribution >= 0.6 is 11.6 Å². The van der Waals surface area contributed by atoms with Crippen molar-refractivity contribution >= 4 is 43.8 Å². The Labute approximate surface area is 112 Å². The van der Waals surface area contributed by atoms with Gasteiger partial charge in [0.05, 0.1) is 32.2 Å². The summed E-state index contributed by atoms with van der Waals surface area (Å²) < 4.78 is 20.3. The molecule has 0 radical (unpaired) electrons. The Hall–Kier alpha value is -1.23. The van der Waals surface area contributed by atoms with E-state index in [4.69, 9.17) is 11.6 Å². The molecule has 0 aromatic heterocycles. The first-order valence-electron chi connectivity index (χ1n) is 4.66. The van der Waals surface area contributed by atoms with Gasteiger partial charge in [-0.3, -0.25) is 0 Å². The van der Waals surface area contributed by atoms with Crippen LogP contribution in [0.25, 0.3) is 0 Å². The molecule has 17 heavy (non-hydrogen) atoms. The van der Waals surface area contributed by atoms with E-state index in [1.165, 1.54) is 0 Å². The second-order valence-electron chi connectivity index (χ2n) is 2.93. The smallest absolute Gasteiger partial charge is 0.0965 e. The van der Waals surface area contributed by atoms with Gasteiger partial charge in [-0.25, -0.2) is 8.42 Å². The summed E-state index contributed by atoms with van der Waals surface area (Å²) in [7, 11) is 0. The Morgan fingerprint density at radius 2 is 1.18 bits per heavy atom. The molecule has 0 fully saturated rings. The largest absolute Gasteiger partial charge is 0.212 e. The van der Waals surface area contributed by atoms with Crippen LogP contribution in [0.2, 0.25) is 5.02 Å². The van der Waals surface area contributed by atoms with Crippen molar-refractivity contribution in [3.05, 3.63) is 59.7 Å². The minimum atomic E-state index is 0.427. The third kappa shape index (κ3) is 5.58. The number of rotatable bonds is 0. The fourth-order valence-corrected chi connectivity index (χ4v) is 1.61. The quantitative estimate of drug-likeness (QED) is 0.685. The van der Waals surface area contributed by atoms with Gasteiger partial charge in [-0.15, -0.1) is 0 Å². The van der Waals surface area contributed by atoms with Gasteiger partial charge in [0.15, 0.2) is 0 Å². The van der Waals surface area contributed by atoms with Gasteiger partial charge < -0.3 is 0 Å². The van der Waals surface area contributed by atoms with Crippen molar-refractivity contribution < 1.29 is 8.42 Å². The summed E-state index contributed by atoms with van der Waals surface area (Å²) in [4.78, 5) is 1.27. The molecule has 88 valence electrons. The number of halogens is 1. The van der Waals surface area contributed by atoms with E-state index >= 15 is 0 Å². The highest BCUT2D eigenvalue weighted by Crippen LogP contribution is 2.03. The van der Waals surface area contributed by atoms with Crippen LogP contribution in [-0.4, -0.2) is 18.1 Å². The molecule has 0 N–H and O–H groups in total. The number of allylic oxidation sites excluding steroid dienone is 4. The van der Waals surface area contributed by atoms with Crippen molar-refractivity contribution in [1.29, 1.82) is 0 Å². The summed E-state index contributed by atoms with van der Waals surface area (Å²) in [6, 6.07) is 9.44. The zero-order valence-electron chi connectivity index (χ0n) is 8.71. The maximum absolute atomic E-state index is 10.2. The van der Waals surface area contributed by atoms with Crippen LogP contribution in [0, 0.1) is 0 Å². The Kier molecular flexibility index (Phi) is 6.47. The van der Waals surface area contributed by atoms with Crippen LogP contribution in [-0.2, 0) is 22.5 Å². The Balaban J connectivity index is 0.000000181. The van der Waals surface area contributed by atoms with Crippen LogP contribution in [0.15, 0.2) is 54.6 Å². The summed E-state index contributed by atoms with van der Waals surface area (Å²) in [6.45, 7) is 0. The van der Waals surface area contributed by atoms with E-state index in [0.29, 0.717) is 32.2 Å². The van der Waals surface area contributed by atoms with Gasteiger partial charge in [0.1, 0.15) is 0 Å². The normalized spacial score (nSPS) is 12.8. The second-order valence-corrected chi connectivity index (χ2v) is 4.65. The van der Waals surface area contributed by atoms with E-state index in [9.17, 15) is 8.42 Å². The molecule has 0 unspecified atom stereocenters. The van der Waals surface area contributed by atoms with Crippen LogP contribution < -0.4 is 0 Å². The van der Waals surface area contributed by atoms with Gasteiger partial charge in [-0.1, -0.05) is 29.8 Å². The lowest BCUT2D eigenvalue weighted by atomic mass is 10.2. The monoisotopic (exact) mass is 284 g/mol. The van der Waals surface area contributed by atoms with Crippen LogP contribution in [0.4, 0.5) is 0 Å². The van der Waals surface area contributed by atoms with E-state index in [1.807, 2.05) is 30.3 Å². The first-order valence-corrected chi connectivity index (χ1v) is 6.52. The van der Waals surface area contributed by atoms with E-state index in [-0.39, 0.29) is 0 Å². The predicted octanol–water partition coefficient (Wildman–Crippen LogP) is 2.22. The van der Waals surface area contributed by atoms with E-state index < -0.39 is 0 Å². The molecule has 1 aliphatic carbocycles. The molecule has 0 aliphatic heterocycles. The highest BCUT2D eigenvalue weighted by molar-refractivity contribution is 7.68. The molecule has 5 heteroatoms. The zero-order valence-corrected chi connectivity index (χ0v) is 11.1. The minimum absolute atomic E-state index is 0.427.